The molecule has 0 radical (unpaired) electrons. The number of ether oxygens (including phenoxy) is 1. The second-order valence-corrected chi connectivity index (χ2v) is 4.92. The van der Waals surface area contributed by atoms with Gasteiger partial charge in [0, 0.05) is 13.2 Å². The van der Waals surface area contributed by atoms with Crippen LogP contribution in [0.3, 0.4) is 0 Å². The van der Waals surface area contributed by atoms with Gasteiger partial charge in [-0.1, -0.05) is 6.92 Å². The van der Waals surface area contributed by atoms with E-state index in [0.29, 0.717) is 19.8 Å². The zero-order chi connectivity index (χ0) is 9.19. The molecule has 0 spiro atoms. The summed E-state index contributed by atoms with van der Waals surface area (Å²) >= 11 is 0. The van der Waals surface area contributed by atoms with Gasteiger partial charge in [-0.25, -0.2) is 8.42 Å². The molecule has 0 aromatic heterocycles. The zero-order valence-corrected chi connectivity index (χ0v) is 8.30. The van der Waals surface area contributed by atoms with Crippen LogP contribution in [0.15, 0.2) is 0 Å². The number of hydrogen-bond acceptors (Lipinski definition) is 3. The lowest BCUT2D eigenvalue weighted by molar-refractivity contribution is 0.177. The van der Waals surface area contributed by atoms with Gasteiger partial charge in [0.1, 0.15) is 0 Å². The zero-order valence-electron chi connectivity index (χ0n) is 7.49. The van der Waals surface area contributed by atoms with E-state index in [1.54, 1.807) is 0 Å². The molecule has 1 saturated heterocycles. The highest BCUT2D eigenvalue weighted by Gasteiger charge is 2.28. The van der Waals surface area contributed by atoms with Gasteiger partial charge in [0.15, 0.2) is 0 Å². The van der Waals surface area contributed by atoms with Crippen molar-refractivity contribution in [3.63, 3.8) is 0 Å². The van der Waals surface area contributed by atoms with Crippen LogP contribution < -0.4 is 0 Å². The summed E-state index contributed by atoms with van der Waals surface area (Å²) in [6.07, 6.45) is 2.07. The average molecular weight is 193 g/mol. The fourth-order valence-corrected chi connectivity index (χ4v) is 2.69. The van der Waals surface area contributed by atoms with Crippen LogP contribution in [0.5, 0.6) is 0 Å². The molecule has 0 bridgehead atoms. The Morgan fingerprint density at radius 3 is 2.58 bits per heavy atom. The van der Waals surface area contributed by atoms with Crippen LogP contribution >= 0.6 is 0 Å². The highest BCUT2D eigenvalue weighted by atomic mass is 32.2. The third-order valence-corrected chi connectivity index (χ3v) is 3.46. The number of sulfonamides is 1. The summed E-state index contributed by atoms with van der Waals surface area (Å²) in [6, 6.07) is 0.0602. The second-order valence-electron chi connectivity index (χ2n) is 2.98. The molecule has 4 nitrogen and oxygen atoms in total. The molecule has 1 fully saturated rings. The monoisotopic (exact) mass is 193 g/mol. The van der Waals surface area contributed by atoms with E-state index in [2.05, 4.69) is 0 Å². The average Bonchev–Trinajstić information content (AvgIpc) is 2.38. The molecular weight excluding hydrogens is 178 g/mol. The second kappa shape index (κ2) is 3.72. The minimum Gasteiger partial charge on any atom is -0.380 e. The summed E-state index contributed by atoms with van der Waals surface area (Å²) in [5.74, 6) is 0. The Hall–Kier alpha value is -0.130. The Bertz CT molecular complexity index is 231. The summed E-state index contributed by atoms with van der Waals surface area (Å²) in [7, 11) is -3.05. The topological polar surface area (TPSA) is 46.6 Å². The van der Waals surface area contributed by atoms with Crippen LogP contribution in [0.4, 0.5) is 0 Å². The number of rotatable bonds is 3. The molecular formula is C7H15NO3S. The normalized spacial score (nSPS) is 25.1. The largest absolute Gasteiger partial charge is 0.380 e. The minimum absolute atomic E-state index is 0.0602. The smallest absolute Gasteiger partial charge is 0.211 e. The molecule has 1 atom stereocenters. The first kappa shape index (κ1) is 9.95. The van der Waals surface area contributed by atoms with E-state index in [-0.39, 0.29) is 6.04 Å². The Balaban J connectivity index is 2.68. The van der Waals surface area contributed by atoms with Crippen molar-refractivity contribution < 1.29 is 13.2 Å². The Labute approximate surface area is 73.6 Å². The highest BCUT2D eigenvalue weighted by molar-refractivity contribution is 7.88. The van der Waals surface area contributed by atoms with Crippen molar-refractivity contribution in [1.82, 2.24) is 4.31 Å². The molecule has 1 aliphatic rings. The summed E-state index contributed by atoms with van der Waals surface area (Å²) in [4.78, 5) is 0. The molecule has 0 aliphatic carbocycles. The SMILES string of the molecule is CCN(C1CCOC1)S(C)(=O)=O. The predicted molar refractivity (Wildman–Crippen MR) is 46.4 cm³/mol. The molecule has 1 aliphatic heterocycles. The Morgan fingerprint density at radius 1 is 1.58 bits per heavy atom. The van der Waals surface area contributed by atoms with Gasteiger partial charge in [0.2, 0.25) is 10.0 Å². The lowest BCUT2D eigenvalue weighted by Gasteiger charge is -2.23. The van der Waals surface area contributed by atoms with E-state index in [9.17, 15) is 8.42 Å². The number of likely N-dealkylation sites (N-methyl/N-ethyl adjacent to an activating group) is 1. The van der Waals surface area contributed by atoms with Gasteiger partial charge in [0.05, 0.1) is 18.9 Å². The molecule has 0 N–H and O–H groups in total. The quantitative estimate of drug-likeness (QED) is 0.636. The van der Waals surface area contributed by atoms with Crippen molar-refractivity contribution in [3.8, 4) is 0 Å². The van der Waals surface area contributed by atoms with Crippen molar-refractivity contribution in [2.24, 2.45) is 0 Å². The lowest BCUT2D eigenvalue weighted by Crippen LogP contribution is -2.39. The van der Waals surface area contributed by atoms with E-state index in [1.165, 1.54) is 10.6 Å². The van der Waals surface area contributed by atoms with E-state index in [4.69, 9.17) is 4.74 Å². The molecule has 0 amide bonds. The van der Waals surface area contributed by atoms with Gasteiger partial charge in [-0.05, 0) is 6.42 Å². The third-order valence-electron chi connectivity index (χ3n) is 2.05. The molecule has 72 valence electrons. The maximum absolute atomic E-state index is 11.2. The number of hydrogen-bond donors (Lipinski definition) is 0. The summed E-state index contributed by atoms with van der Waals surface area (Å²) in [5.41, 5.74) is 0. The van der Waals surface area contributed by atoms with Crippen molar-refractivity contribution in [2.75, 3.05) is 26.0 Å². The standard InChI is InChI=1S/C7H15NO3S/c1-3-8(12(2,9)10)7-4-5-11-6-7/h7H,3-6H2,1-2H3. The fraction of sp³-hybridized carbons (Fsp3) is 1.00. The van der Waals surface area contributed by atoms with Gasteiger partial charge in [-0.2, -0.15) is 4.31 Å². The van der Waals surface area contributed by atoms with Crippen molar-refractivity contribution >= 4 is 10.0 Å². The first-order valence-corrected chi connectivity index (χ1v) is 5.95. The summed E-state index contributed by atoms with van der Waals surface area (Å²) < 4.78 is 29.1. The molecule has 1 rings (SSSR count). The molecule has 1 heterocycles. The predicted octanol–water partition coefficient (Wildman–Crippen LogP) is 0.0568. The van der Waals surface area contributed by atoms with Gasteiger partial charge in [0.25, 0.3) is 0 Å². The number of nitrogens with zero attached hydrogens (tertiary/aromatic N) is 1. The molecule has 0 saturated carbocycles. The van der Waals surface area contributed by atoms with Crippen LogP contribution in [0.25, 0.3) is 0 Å². The summed E-state index contributed by atoms with van der Waals surface area (Å²) in [6.45, 7) is 3.60. The molecule has 1 unspecified atom stereocenters. The first-order chi connectivity index (χ1) is 5.55. The van der Waals surface area contributed by atoms with Crippen LogP contribution in [0.2, 0.25) is 0 Å². The van der Waals surface area contributed by atoms with Gasteiger partial charge >= 0.3 is 0 Å². The fourth-order valence-electron chi connectivity index (χ4n) is 1.51. The van der Waals surface area contributed by atoms with E-state index >= 15 is 0 Å². The van der Waals surface area contributed by atoms with Crippen LogP contribution in [0.1, 0.15) is 13.3 Å². The van der Waals surface area contributed by atoms with E-state index in [1.807, 2.05) is 6.92 Å². The lowest BCUT2D eigenvalue weighted by atomic mass is 10.3. The third kappa shape index (κ3) is 2.18. The van der Waals surface area contributed by atoms with Gasteiger partial charge in [-0.15, -0.1) is 0 Å². The Kier molecular flexibility index (Phi) is 3.09. The highest BCUT2D eigenvalue weighted by Crippen LogP contribution is 2.14. The minimum atomic E-state index is -3.05. The van der Waals surface area contributed by atoms with Crippen molar-refractivity contribution in [1.29, 1.82) is 0 Å². The molecule has 0 aromatic carbocycles. The molecule has 0 aromatic rings. The molecule has 12 heavy (non-hydrogen) atoms. The van der Waals surface area contributed by atoms with Crippen LogP contribution in [0, 0.1) is 0 Å². The molecule has 5 heteroatoms. The summed E-state index contributed by atoms with van der Waals surface area (Å²) in [5, 5.41) is 0. The van der Waals surface area contributed by atoms with Crippen LogP contribution in [-0.4, -0.2) is 44.8 Å². The Morgan fingerprint density at radius 2 is 2.25 bits per heavy atom. The van der Waals surface area contributed by atoms with Gasteiger partial charge in [-0.3, -0.25) is 0 Å². The van der Waals surface area contributed by atoms with Gasteiger partial charge < -0.3 is 4.74 Å². The van der Waals surface area contributed by atoms with Crippen molar-refractivity contribution in [2.45, 2.75) is 19.4 Å². The van der Waals surface area contributed by atoms with Crippen LogP contribution in [-0.2, 0) is 14.8 Å². The van der Waals surface area contributed by atoms with Crippen molar-refractivity contribution in [3.05, 3.63) is 0 Å². The maximum Gasteiger partial charge on any atom is 0.211 e. The first-order valence-electron chi connectivity index (χ1n) is 4.10. The maximum atomic E-state index is 11.2. The van der Waals surface area contributed by atoms with E-state index in [0.717, 1.165) is 6.42 Å². The van der Waals surface area contributed by atoms with E-state index < -0.39 is 10.0 Å².